The Morgan fingerprint density at radius 1 is 1.36 bits per heavy atom. The number of piperidine rings is 1. The highest BCUT2D eigenvalue weighted by Gasteiger charge is 2.34. The molecule has 4 heteroatoms. The Kier molecular flexibility index (Phi) is 2.98. The molecule has 2 fully saturated rings. The van der Waals surface area contributed by atoms with Crippen molar-refractivity contribution in [3.63, 3.8) is 0 Å². The van der Waals surface area contributed by atoms with Gasteiger partial charge in [-0.1, -0.05) is 0 Å². The van der Waals surface area contributed by atoms with Crippen LogP contribution in [0, 0.1) is 0 Å². The molecule has 2 rings (SSSR count). The van der Waals surface area contributed by atoms with Crippen LogP contribution in [0.1, 0.15) is 19.3 Å². The zero-order chi connectivity index (χ0) is 10.1. The molecule has 0 aromatic carbocycles. The number of rotatable bonds is 1. The van der Waals surface area contributed by atoms with E-state index in [1.54, 1.807) is 0 Å². The molecule has 3 nitrogen and oxygen atoms in total. The fourth-order valence-electron chi connectivity index (χ4n) is 2.35. The Morgan fingerprint density at radius 2 is 2.00 bits per heavy atom. The zero-order valence-corrected chi connectivity index (χ0v) is 9.33. The quantitative estimate of drug-likeness (QED) is 0.609. The number of amides is 1. The minimum atomic E-state index is 0.0437. The Bertz CT molecular complexity index is 226. The van der Waals surface area contributed by atoms with Crippen LogP contribution in [-0.4, -0.2) is 53.8 Å². The number of carbonyl (C=O) groups is 1. The predicted molar refractivity (Wildman–Crippen MR) is 56.5 cm³/mol. The van der Waals surface area contributed by atoms with Crippen molar-refractivity contribution >= 4 is 17.5 Å². The van der Waals surface area contributed by atoms with Crippen molar-refractivity contribution in [2.24, 2.45) is 0 Å². The van der Waals surface area contributed by atoms with E-state index in [-0.39, 0.29) is 11.3 Å². The van der Waals surface area contributed by atoms with Gasteiger partial charge >= 0.3 is 0 Å². The molecule has 1 unspecified atom stereocenters. The molecule has 2 aliphatic rings. The van der Waals surface area contributed by atoms with Gasteiger partial charge in [-0.2, -0.15) is 0 Å². The molecular formula is C10H17ClN2O. The third-order valence-electron chi connectivity index (χ3n) is 3.24. The minimum absolute atomic E-state index is 0.0437. The molecule has 1 atom stereocenters. The van der Waals surface area contributed by atoms with Gasteiger partial charge in [-0.25, -0.2) is 0 Å². The van der Waals surface area contributed by atoms with Crippen LogP contribution in [0.15, 0.2) is 0 Å². The van der Waals surface area contributed by atoms with E-state index in [9.17, 15) is 4.79 Å². The molecular weight excluding hydrogens is 200 g/mol. The smallest absolute Gasteiger partial charge is 0.224 e. The van der Waals surface area contributed by atoms with Gasteiger partial charge in [-0.3, -0.25) is 4.79 Å². The number of halogens is 1. The van der Waals surface area contributed by atoms with Gasteiger partial charge in [0.05, 0.1) is 5.38 Å². The zero-order valence-electron chi connectivity index (χ0n) is 8.58. The second-order valence-electron chi connectivity index (χ2n) is 4.38. The van der Waals surface area contributed by atoms with E-state index < -0.39 is 0 Å². The molecule has 2 heterocycles. The van der Waals surface area contributed by atoms with Gasteiger partial charge in [0.15, 0.2) is 0 Å². The lowest BCUT2D eigenvalue weighted by Crippen LogP contribution is -2.44. The van der Waals surface area contributed by atoms with Crippen LogP contribution in [0.25, 0.3) is 0 Å². The highest BCUT2D eigenvalue weighted by molar-refractivity contribution is 6.22. The van der Waals surface area contributed by atoms with Crippen LogP contribution in [0.3, 0.4) is 0 Å². The fourth-order valence-corrected chi connectivity index (χ4v) is 2.63. The monoisotopic (exact) mass is 216 g/mol. The average Bonchev–Trinajstić information content (AvgIpc) is 2.47. The number of hydrogen-bond donors (Lipinski definition) is 0. The van der Waals surface area contributed by atoms with Crippen molar-refractivity contribution in [1.29, 1.82) is 0 Å². The summed E-state index contributed by atoms with van der Waals surface area (Å²) in [4.78, 5) is 15.9. The fraction of sp³-hybridized carbons (Fsp3) is 0.900. The summed E-state index contributed by atoms with van der Waals surface area (Å²) in [5, 5.41) is 0.0437. The van der Waals surface area contributed by atoms with E-state index >= 15 is 0 Å². The topological polar surface area (TPSA) is 23.6 Å². The van der Waals surface area contributed by atoms with E-state index in [1.807, 2.05) is 4.90 Å². The number of carbonyl (C=O) groups excluding carboxylic acids is 1. The summed E-state index contributed by atoms with van der Waals surface area (Å²) in [5.74, 6) is 0.250. The Hall–Kier alpha value is -0.280. The largest absolute Gasteiger partial charge is 0.338 e. The van der Waals surface area contributed by atoms with Crippen LogP contribution in [0.4, 0.5) is 0 Å². The van der Waals surface area contributed by atoms with Crippen LogP contribution < -0.4 is 0 Å². The van der Waals surface area contributed by atoms with Crippen molar-refractivity contribution in [2.75, 3.05) is 26.7 Å². The summed E-state index contributed by atoms with van der Waals surface area (Å²) in [6.45, 7) is 2.96. The molecule has 0 saturated carbocycles. The lowest BCUT2D eigenvalue weighted by atomic mass is 10.0. The molecule has 0 spiro atoms. The summed E-state index contributed by atoms with van der Waals surface area (Å²) in [6, 6.07) is 0.447. The molecule has 0 N–H and O–H groups in total. The standard InChI is InChI=1S/C10H17ClN2O/c1-12-4-2-9(3-5-12)13-7-8(11)6-10(13)14/h8-9H,2-7H2,1H3. The molecule has 0 aliphatic carbocycles. The summed E-state index contributed by atoms with van der Waals surface area (Å²) < 4.78 is 0. The normalized spacial score (nSPS) is 31.4. The van der Waals surface area contributed by atoms with Gasteiger partial charge in [-0.05, 0) is 33.0 Å². The van der Waals surface area contributed by atoms with E-state index in [4.69, 9.17) is 11.6 Å². The maximum atomic E-state index is 11.6. The predicted octanol–water partition coefficient (Wildman–Crippen LogP) is 0.920. The Balaban J connectivity index is 1.92. The minimum Gasteiger partial charge on any atom is -0.338 e. The molecule has 0 radical (unpaired) electrons. The van der Waals surface area contributed by atoms with Gasteiger partial charge < -0.3 is 9.80 Å². The second kappa shape index (κ2) is 4.07. The van der Waals surface area contributed by atoms with Crippen molar-refractivity contribution in [1.82, 2.24) is 9.80 Å². The second-order valence-corrected chi connectivity index (χ2v) is 5.00. The van der Waals surface area contributed by atoms with Gasteiger partial charge in [0.25, 0.3) is 0 Å². The van der Waals surface area contributed by atoms with Crippen LogP contribution in [0.5, 0.6) is 0 Å². The van der Waals surface area contributed by atoms with Crippen molar-refractivity contribution < 1.29 is 4.79 Å². The number of nitrogens with zero attached hydrogens (tertiary/aromatic N) is 2. The third-order valence-corrected chi connectivity index (χ3v) is 3.53. The van der Waals surface area contributed by atoms with Crippen molar-refractivity contribution in [3.8, 4) is 0 Å². The molecule has 0 aromatic rings. The van der Waals surface area contributed by atoms with Crippen LogP contribution in [0.2, 0.25) is 0 Å². The van der Waals surface area contributed by atoms with Crippen molar-refractivity contribution in [2.45, 2.75) is 30.7 Å². The van der Waals surface area contributed by atoms with Crippen LogP contribution in [-0.2, 0) is 4.79 Å². The summed E-state index contributed by atoms with van der Waals surface area (Å²) in [5.41, 5.74) is 0. The summed E-state index contributed by atoms with van der Waals surface area (Å²) in [6.07, 6.45) is 2.74. The Morgan fingerprint density at radius 3 is 2.50 bits per heavy atom. The first-order valence-corrected chi connectivity index (χ1v) is 5.72. The van der Waals surface area contributed by atoms with E-state index in [0.717, 1.165) is 32.5 Å². The lowest BCUT2D eigenvalue weighted by molar-refractivity contribution is -0.130. The molecule has 0 bridgehead atoms. The number of likely N-dealkylation sites (tertiary alicyclic amines) is 2. The first-order chi connectivity index (χ1) is 6.66. The van der Waals surface area contributed by atoms with Gasteiger partial charge in [0, 0.05) is 19.0 Å². The molecule has 1 amide bonds. The highest BCUT2D eigenvalue weighted by atomic mass is 35.5. The van der Waals surface area contributed by atoms with E-state index in [2.05, 4.69) is 11.9 Å². The molecule has 2 aliphatic heterocycles. The first-order valence-electron chi connectivity index (χ1n) is 5.29. The lowest BCUT2D eigenvalue weighted by Gasteiger charge is -2.35. The average molecular weight is 217 g/mol. The van der Waals surface area contributed by atoms with Crippen molar-refractivity contribution in [3.05, 3.63) is 0 Å². The van der Waals surface area contributed by atoms with E-state index in [0.29, 0.717) is 12.5 Å². The molecule has 2 saturated heterocycles. The first kappa shape index (κ1) is 10.2. The summed E-state index contributed by atoms with van der Waals surface area (Å²) in [7, 11) is 2.13. The van der Waals surface area contributed by atoms with Crippen LogP contribution >= 0.6 is 11.6 Å². The third kappa shape index (κ3) is 2.04. The maximum Gasteiger partial charge on any atom is 0.224 e. The highest BCUT2D eigenvalue weighted by Crippen LogP contribution is 2.24. The molecule has 0 aromatic heterocycles. The number of alkyl halides is 1. The molecule has 14 heavy (non-hydrogen) atoms. The Labute approximate surface area is 90.0 Å². The van der Waals surface area contributed by atoms with E-state index in [1.165, 1.54) is 0 Å². The van der Waals surface area contributed by atoms with Gasteiger partial charge in [0.1, 0.15) is 0 Å². The molecule has 80 valence electrons. The van der Waals surface area contributed by atoms with Gasteiger partial charge in [0.2, 0.25) is 5.91 Å². The SMILES string of the molecule is CN1CCC(N2CC(Cl)CC2=O)CC1. The number of hydrogen-bond acceptors (Lipinski definition) is 2. The van der Waals surface area contributed by atoms with Gasteiger partial charge in [-0.15, -0.1) is 11.6 Å². The maximum absolute atomic E-state index is 11.6. The summed E-state index contributed by atoms with van der Waals surface area (Å²) >= 11 is 5.98.